The fourth-order valence-corrected chi connectivity index (χ4v) is 3.57. The number of pyridine rings is 1. The highest BCUT2D eigenvalue weighted by molar-refractivity contribution is 7.15. The molecular weight excluding hydrogens is 405 g/mol. The normalized spacial score (nSPS) is 11.8. The highest BCUT2D eigenvalue weighted by Gasteiger charge is 2.31. The number of nitrogens with one attached hydrogen (secondary N) is 1. The van der Waals surface area contributed by atoms with Crippen LogP contribution in [0.4, 0.5) is 18.3 Å². The van der Waals surface area contributed by atoms with E-state index in [2.05, 4.69) is 25.6 Å². The molecule has 3 aromatic rings. The Balaban J connectivity index is 1.89. The Morgan fingerprint density at radius 2 is 2.00 bits per heavy atom. The van der Waals surface area contributed by atoms with Gasteiger partial charge < -0.3 is 0 Å². The molecule has 0 spiro atoms. The third-order valence-electron chi connectivity index (χ3n) is 4.04. The summed E-state index contributed by atoms with van der Waals surface area (Å²) in [6.45, 7) is 5.75. The van der Waals surface area contributed by atoms with Crippen molar-refractivity contribution < 1.29 is 18.0 Å². The predicted molar refractivity (Wildman–Crippen MR) is 102 cm³/mol. The van der Waals surface area contributed by atoms with Crippen LogP contribution in [0, 0.1) is 0 Å². The van der Waals surface area contributed by atoms with E-state index >= 15 is 0 Å². The van der Waals surface area contributed by atoms with Gasteiger partial charge in [0.05, 0.1) is 23.0 Å². The van der Waals surface area contributed by atoms with Gasteiger partial charge >= 0.3 is 6.18 Å². The van der Waals surface area contributed by atoms with Crippen LogP contribution in [0.3, 0.4) is 0 Å². The Bertz CT molecular complexity index is 994. The number of carbonyl (C=O) groups excluding carboxylic acids is 1. The van der Waals surface area contributed by atoms with Crippen molar-refractivity contribution in [1.29, 1.82) is 0 Å². The van der Waals surface area contributed by atoms with Gasteiger partial charge in [0.25, 0.3) is 5.91 Å². The molecule has 0 unspecified atom stereocenters. The van der Waals surface area contributed by atoms with Crippen molar-refractivity contribution in [3.05, 3.63) is 46.4 Å². The summed E-state index contributed by atoms with van der Waals surface area (Å²) in [5.41, 5.74) is -0.0152. The van der Waals surface area contributed by atoms with Gasteiger partial charge in [-0.25, -0.2) is 9.67 Å². The van der Waals surface area contributed by atoms with E-state index in [0.717, 1.165) is 30.1 Å². The zero-order chi connectivity index (χ0) is 21.2. The lowest BCUT2D eigenvalue weighted by atomic mass is 10.1. The SMILES string of the molecule is CCCc1nnc(NC(=O)c2cnn(-c3ccc(C(F)(F)F)cn3)c2C(C)C)s1. The molecule has 0 aliphatic heterocycles. The minimum Gasteiger partial charge on any atom is -0.296 e. The molecule has 29 heavy (non-hydrogen) atoms. The third kappa shape index (κ3) is 4.61. The molecule has 1 N–H and O–H groups in total. The van der Waals surface area contributed by atoms with Gasteiger partial charge in [0.15, 0.2) is 5.82 Å². The van der Waals surface area contributed by atoms with Crippen LogP contribution < -0.4 is 5.32 Å². The van der Waals surface area contributed by atoms with E-state index in [1.54, 1.807) is 0 Å². The summed E-state index contributed by atoms with van der Waals surface area (Å²) in [5, 5.41) is 16.1. The molecule has 0 radical (unpaired) electrons. The second kappa shape index (κ2) is 8.27. The zero-order valence-electron chi connectivity index (χ0n) is 16.0. The highest BCUT2D eigenvalue weighted by atomic mass is 32.1. The number of anilines is 1. The predicted octanol–water partition coefficient (Wildman–Crippen LogP) is 4.47. The van der Waals surface area contributed by atoms with E-state index in [1.165, 1.54) is 28.3 Å². The van der Waals surface area contributed by atoms with Crippen LogP contribution >= 0.6 is 11.3 Å². The van der Waals surface area contributed by atoms with Crippen LogP contribution in [0.2, 0.25) is 0 Å². The van der Waals surface area contributed by atoms with Gasteiger partial charge in [-0.1, -0.05) is 32.1 Å². The first-order valence-corrected chi connectivity index (χ1v) is 9.77. The van der Waals surface area contributed by atoms with Crippen molar-refractivity contribution in [3.63, 3.8) is 0 Å². The first-order valence-electron chi connectivity index (χ1n) is 8.96. The van der Waals surface area contributed by atoms with Crippen LogP contribution in [-0.2, 0) is 12.6 Å². The maximum absolute atomic E-state index is 12.8. The van der Waals surface area contributed by atoms with Gasteiger partial charge in [-0.2, -0.15) is 18.3 Å². The summed E-state index contributed by atoms with van der Waals surface area (Å²) < 4.78 is 39.7. The molecule has 154 valence electrons. The second-order valence-electron chi connectivity index (χ2n) is 6.62. The summed E-state index contributed by atoms with van der Waals surface area (Å²) in [4.78, 5) is 16.6. The van der Waals surface area contributed by atoms with Gasteiger partial charge in [-0.3, -0.25) is 10.1 Å². The van der Waals surface area contributed by atoms with Gasteiger partial charge in [0.2, 0.25) is 5.13 Å². The quantitative estimate of drug-likeness (QED) is 0.631. The summed E-state index contributed by atoms with van der Waals surface area (Å²) >= 11 is 1.30. The number of nitrogens with zero attached hydrogens (tertiary/aromatic N) is 5. The number of halogens is 3. The maximum atomic E-state index is 12.8. The van der Waals surface area contributed by atoms with Crippen molar-refractivity contribution in [2.24, 2.45) is 0 Å². The van der Waals surface area contributed by atoms with Crippen LogP contribution in [0.1, 0.15) is 59.7 Å². The third-order valence-corrected chi connectivity index (χ3v) is 4.94. The molecule has 1 amide bonds. The van der Waals surface area contributed by atoms with E-state index in [0.29, 0.717) is 16.4 Å². The lowest BCUT2D eigenvalue weighted by molar-refractivity contribution is -0.137. The molecule has 7 nitrogen and oxygen atoms in total. The summed E-state index contributed by atoms with van der Waals surface area (Å²) in [6.07, 6.45) is -0.648. The lowest BCUT2D eigenvalue weighted by Gasteiger charge is -2.12. The number of alkyl halides is 3. The zero-order valence-corrected chi connectivity index (χ0v) is 16.8. The Kier molecular flexibility index (Phi) is 5.96. The van der Waals surface area contributed by atoms with E-state index in [9.17, 15) is 18.0 Å². The van der Waals surface area contributed by atoms with Crippen LogP contribution in [0.25, 0.3) is 5.82 Å². The van der Waals surface area contributed by atoms with Crippen molar-refractivity contribution in [3.8, 4) is 5.82 Å². The van der Waals surface area contributed by atoms with Crippen LogP contribution in [-0.4, -0.2) is 30.9 Å². The summed E-state index contributed by atoms with van der Waals surface area (Å²) in [5.74, 6) is -0.347. The number of aromatic nitrogens is 5. The minimum absolute atomic E-state index is 0.132. The van der Waals surface area contributed by atoms with Crippen LogP contribution in [0.5, 0.6) is 0 Å². The van der Waals surface area contributed by atoms with Crippen molar-refractivity contribution >= 4 is 22.4 Å². The molecule has 0 bridgehead atoms. The largest absolute Gasteiger partial charge is 0.417 e. The summed E-state index contributed by atoms with van der Waals surface area (Å²) in [7, 11) is 0. The van der Waals surface area contributed by atoms with Crippen molar-refractivity contribution in [2.75, 3.05) is 5.32 Å². The number of hydrogen-bond acceptors (Lipinski definition) is 6. The fraction of sp³-hybridized carbons (Fsp3) is 0.389. The topological polar surface area (TPSA) is 85.6 Å². The smallest absolute Gasteiger partial charge is 0.296 e. The van der Waals surface area contributed by atoms with Gasteiger partial charge in [0.1, 0.15) is 5.01 Å². The maximum Gasteiger partial charge on any atom is 0.417 e. The Hall–Kier alpha value is -2.82. The Morgan fingerprint density at radius 1 is 1.24 bits per heavy atom. The van der Waals surface area contributed by atoms with Gasteiger partial charge in [-0.05, 0) is 24.5 Å². The van der Waals surface area contributed by atoms with E-state index in [-0.39, 0.29) is 11.7 Å². The summed E-state index contributed by atoms with van der Waals surface area (Å²) in [6, 6.07) is 2.16. The molecule has 3 heterocycles. The highest BCUT2D eigenvalue weighted by Crippen LogP contribution is 2.29. The Morgan fingerprint density at radius 3 is 2.59 bits per heavy atom. The number of hydrogen-bond donors (Lipinski definition) is 1. The molecule has 0 aliphatic rings. The Labute approximate surface area is 169 Å². The van der Waals surface area contributed by atoms with E-state index in [4.69, 9.17) is 0 Å². The number of aryl methyl sites for hydroxylation is 1. The van der Waals surface area contributed by atoms with E-state index in [1.807, 2.05) is 20.8 Å². The first-order chi connectivity index (χ1) is 13.7. The molecule has 0 aliphatic carbocycles. The second-order valence-corrected chi connectivity index (χ2v) is 7.68. The molecule has 0 saturated heterocycles. The van der Waals surface area contributed by atoms with E-state index < -0.39 is 17.6 Å². The van der Waals surface area contributed by atoms with Gasteiger partial charge in [0, 0.05) is 12.6 Å². The molecule has 0 fully saturated rings. The molecular formula is C18H19F3N6OS. The lowest BCUT2D eigenvalue weighted by Crippen LogP contribution is -2.16. The standard InChI is InChI=1S/C18H19F3N6OS/c1-4-5-14-25-26-17(29-14)24-16(28)12-9-23-27(15(12)10(2)3)13-7-6-11(8-22-13)18(19,20)21/h6-10H,4-5H2,1-3H3,(H,24,26,28). The van der Waals surface area contributed by atoms with Gasteiger partial charge in [-0.15, -0.1) is 10.2 Å². The molecule has 0 atom stereocenters. The average Bonchev–Trinajstić information content (AvgIpc) is 3.28. The average molecular weight is 424 g/mol. The number of amides is 1. The molecule has 11 heteroatoms. The molecule has 0 aromatic carbocycles. The number of rotatable bonds is 6. The van der Waals surface area contributed by atoms with Crippen molar-refractivity contribution in [1.82, 2.24) is 25.0 Å². The van der Waals surface area contributed by atoms with Crippen LogP contribution in [0.15, 0.2) is 24.5 Å². The monoisotopic (exact) mass is 424 g/mol. The van der Waals surface area contributed by atoms with Crippen molar-refractivity contribution in [2.45, 2.75) is 45.7 Å². The first kappa shape index (κ1) is 20.9. The molecule has 3 rings (SSSR count). The fourth-order valence-electron chi connectivity index (χ4n) is 2.73. The molecule has 3 aromatic heterocycles. The number of carbonyl (C=O) groups is 1. The minimum atomic E-state index is -4.47. The molecule has 0 saturated carbocycles.